The van der Waals surface area contributed by atoms with E-state index in [-0.39, 0.29) is 0 Å². The van der Waals surface area contributed by atoms with E-state index in [4.69, 9.17) is 0 Å². The van der Waals surface area contributed by atoms with Crippen molar-refractivity contribution >= 4 is 5.95 Å². The molecule has 20 heavy (non-hydrogen) atoms. The Kier molecular flexibility index (Phi) is 3.92. The third kappa shape index (κ3) is 3.14. The topological polar surface area (TPSA) is 69.7 Å². The van der Waals surface area contributed by atoms with Gasteiger partial charge in [-0.3, -0.25) is 10.1 Å². The summed E-state index contributed by atoms with van der Waals surface area (Å²) in [4.78, 5) is 10.9. The van der Waals surface area contributed by atoms with Crippen molar-refractivity contribution in [2.75, 3.05) is 24.5 Å². The Morgan fingerprint density at radius 2 is 2.15 bits per heavy atom. The van der Waals surface area contributed by atoms with Crippen molar-refractivity contribution in [2.24, 2.45) is 0 Å². The fraction of sp³-hybridized carbons (Fsp3) is 0.500. The monoisotopic (exact) mass is 272 g/mol. The van der Waals surface area contributed by atoms with Crippen LogP contribution in [-0.4, -0.2) is 45.8 Å². The van der Waals surface area contributed by atoms with Gasteiger partial charge in [-0.2, -0.15) is 4.98 Å². The van der Waals surface area contributed by atoms with Crippen molar-refractivity contribution in [3.05, 3.63) is 35.9 Å². The van der Waals surface area contributed by atoms with Crippen molar-refractivity contribution in [1.29, 1.82) is 0 Å². The van der Waals surface area contributed by atoms with Crippen LogP contribution in [0.1, 0.15) is 18.3 Å². The molecule has 0 aromatic carbocycles. The van der Waals surface area contributed by atoms with Crippen molar-refractivity contribution in [3.63, 3.8) is 0 Å². The first kappa shape index (κ1) is 13.1. The van der Waals surface area contributed by atoms with Gasteiger partial charge in [-0.1, -0.05) is 0 Å². The second kappa shape index (κ2) is 6.00. The third-order valence-corrected chi connectivity index (χ3v) is 3.57. The molecule has 1 fully saturated rings. The molecule has 1 aliphatic heterocycles. The fourth-order valence-electron chi connectivity index (χ4n) is 2.46. The minimum absolute atomic E-state index is 0.488. The lowest BCUT2D eigenvalue weighted by Crippen LogP contribution is -2.49. The zero-order valence-electron chi connectivity index (χ0n) is 11.7. The molecule has 2 N–H and O–H groups in total. The zero-order valence-corrected chi connectivity index (χ0v) is 11.7. The number of rotatable bonds is 4. The number of aromatic nitrogens is 4. The molecule has 2 aromatic rings. The summed E-state index contributed by atoms with van der Waals surface area (Å²) >= 11 is 0. The summed E-state index contributed by atoms with van der Waals surface area (Å²) in [6, 6.07) is 4.56. The minimum atomic E-state index is 0.488. The smallest absolute Gasteiger partial charge is 0.244 e. The molecule has 0 unspecified atom stereocenters. The third-order valence-electron chi connectivity index (χ3n) is 3.57. The summed E-state index contributed by atoms with van der Waals surface area (Å²) in [6.45, 7) is 5.10. The molecule has 0 radical (unpaired) electrons. The van der Waals surface area contributed by atoms with E-state index in [9.17, 15) is 0 Å². The van der Waals surface area contributed by atoms with Gasteiger partial charge in [0.25, 0.3) is 0 Å². The highest BCUT2D eigenvalue weighted by atomic mass is 15.4. The quantitative estimate of drug-likeness (QED) is 0.861. The molecule has 0 aliphatic carbocycles. The van der Waals surface area contributed by atoms with Crippen LogP contribution in [-0.2, 0) is 12.8 Å². The first-order valence-corrected chi connectivity index (χ1v) is 7.10. The predicted molar refractivity (Wildman–Crippen MR) is 77.7 cm³/mol. The molecular weight excluding hydrogens is 252 g/mol. The number of nitrogens with zero attached hydrogens (tertiary/aromatic N) is 4. The van der Waals surface area contributed by atoms with Crippen LogP contribution in [0.5, 0.6) is 0 Å². The van der Waals surface area contributed by atoms with Crippen molar-refractivity contribution in [1.82, 2.24) is 25.5 Å². The number of hydrogen-bond acceptors (Lipinski definition) is 5. The summed E-state index contributed by atoms with van der Waals surface area (Å²) in [5.41, 5.74) is 1.27. The van der Waals surface area contributed by atoms with Crippen LogP contribution in [0, 0.1) is 0 Å². The Balaban J connectivity index is 1.59. The van der Waals surface area contributed by atoms with Crippen LogP contribution in [0.4, 0.5) is 5.95 Å². The molecule has 106 valence electrons. The second-order valence-electron chi connectivity index (χ2n) is 5.24. The Labute approximate surface area is 118 Å². The highest BCUT2D eigenvalue weighted by Crippen LogP contribution is 2.11. The molecule has 1 atom stereocenters. The first-order valence-electron chi connectivity index (χ1n) is 7.10. The van der Waals surface area contributed by atoms with Gasteiger partial charge in [0.05, 0.1) is 0 Å². The van der Waals surface area contributed by atoms with Crippen LogP contribution >= 0.6 is 0 Å². The van der Waals surface area contributed by atoms with Gasteiger partial charge < -0.3 is 10.2 Å². The number of anilines is 1. The van der Waals surface area contributed by atoms with E-state index in [2.05, 4.69) is 37.3 Å². The zero-order chi connectivity index (χ0) is 13.8. The standard InChI is InChI=1S/C14H20N6/c1-11-10-20(9-8-16-11)14-17-13(18-19-14)3-2-12-4-6-15-7-5-12/h4-7,11,16H,2-3,8-10H2,1H3,(H,17,18,19)/t11-/m1/s1. The summed E-state index contributed by atoms with van der Waals surface area (Å²) in [5, 5.41) is 10.8. The maximum Gasteiger partial charge on any atom is 0.244 e. The molecular formula is C14H20N6. The summed E-state index contributed by atoms with van der Waals surface area (Å²) in [5.74, 6) is 1.77. The van der Waals surface area contributed by atoms with Gasteiger partial charge in [0.2, 0.25) is 5.95 Å². The summed E-state index contributed by atoms with van der Waals surface area (Å²) in [7, 11) is 0. The summed E-state index contributed by atoms with van der Waals surface area (Å²) in [6.07, 6.45) is 5.47. The Morgan fingerprint density at radius 1 is 1.30 bits per heavy atom. The van der Waals surface area contributed by atoms with Crippen LogP contribution < -0.4 is 10.2 Å². The van der Waals surface area contributed by atoms with E-state index in [0.717, 1.165) is 44.2 Å². The van der Waals surface area contributed by atoms with Crippen molar-refractivity contribution in [3.8, 4) is 0 Å². The molecule has 0 amide bonds. The Bertz CT molecular complexity index is 538. The van der Waals surface area contributed by atoms with E-state index in [1.807, 2.05) is 24.5 Å². The van der Waals surface area contributed by atoms with Gasteiger partial charge in [-0.25, -0.2) is 0 Å². The maximum atomic E-state index is 4.60. The molecule has 3 rings (SSSR count). The molecule has 1 aliphatic rings. The van der Waals surface area contributed by atoms with E-state index >= 15 is 0 Å². The number of H-pyrrole nitrogens is 1. The number of hydrogen-bond donors (Lipinski definition) is 2. The van der Waals surface area contributed by atoms with E-state index in [1.165, 1.54) is 5.56 Å². The van der Waals surface area contributed by atoms with Gasteiger partial charge >= 0.3 is 0 Å². The second-order valence-corrected chi connectivity index (χ2v) is 5.24. The molecule has 2 aromatic heterocycles. The minimum Gasteiger partial charge on any atom is -0.337 e. The van der Waals surface area contributed by atoms with Crippen LogP contribution in [0.3, 0.4) is 0 Å². The van der Waals surface area contributed by atoms with Crippen molar-refractivity contribution < 1.29 is 0 Å². The lowest BCUT2D eigenvalue weighted by Gasteiger charge is -2.30. The number of piperazine rings is 1. The fourth-order valence-corrected chi connectivity index (χ4v) is 2.46. The SMILES string of the molecule is C[C@@H]1CN(c2n[nH]c(CCc3ccncc3)n2)CCN1. The van der Waals surface area contributed by atoms with Gasteiger partial charge in [-0.15, -0.1) is 5.10 Å². The van der Waals surface area contributed by atoms with Gasteiger partial charge in [0, 0.05) is 44.5 Å². The van der Waals surface area contributed by atoms with Crippen LogP contribution in [0.2, 0.25) is 0 Å². The molecule has 6 heteroatoms. The Hall–Kier alpha value is -1.95. The normalized spacial score (nSPS) is 19.2. The number of aryl methyl sites for hydroxylation is 2. The van der Waals surface area contributed by atoms with E-state index < -0.39 is 0 Å². The molecule has 0 saturated carbocycles. The molecule has 3 heterocycles. The average molecular weight is 272 g/mol. The molecule has 1 saturated heterocycles. The van der Waals surface area contributed by atoms with E-state index in [0.29, 0.717) is 6.04 Å². The van der Waals surface area contributed by atoms with E-state index in [1.54, 1.807) is 0 Å². The largest absolute Gasteiger partial charge is 0.337 e. The average Bonchev–Trinajstić information content (AvgIpc) is 2.95. The number of nitrogens with one attached hydrogen (secondary N) is 2. The molecule has 0 bridgehead atoms. The van der Waals surface area contributed by atoms with Gasteiger partial charge in [0.15, 0.2) is 0 Å². The van der Waals surface area contributed by atoms with Crippen LogP contribution in [0.25, 0.3) is 0 Å². The highest BCUT2D eigenvalue weighted by molar-refractivity contribution is 5.30. The first-order chi connectivity index (χ1) is 9.81. The Morgan fingerprint density at radius 3 is 2.95 bits per heavy atom. The highest BCUT2D eigenvalue weighted by Gasteiger charge is 2.19. The van der Waals surface area contributed by atoms with Crippen molar-refractivity contribution in [2.45, 2.75) is 25.8 Å². The number of aromatic amines is 1. The lowest BCUT2D eigenvalue weighted by atomic mass is 10.1. The molecule has 0 spiro atoms. The molecule has 6 nitrogen and oxygen atoms in total. The maximum absolute atomic E-state index is 4.60. The predicted octanol–water partition coefficient (Wildman–Crippen LogP) is 0.783. The lowest BCUT2D eigenvalue weighted by molar-refractivity contribution is 0.479. The summed E-state index contributed by atoms with van der Waals surface area (Å²) < 4.78 is 0. The van der Waals surface area contributed by atoms with Crippen LogP contribution in [0.15, 0.2) is 24.5 Å². The van der Waals surface area contributed by atoms with Gasteiger partial charge in [0.1, 0.15) is 5.82 Å². The number of pyridine rings is 1. The van der Waals surface area contributed by atoms with Gasteiger partial charge in [-0.05, 0) is 31.0 Å².